The lowest BCUT2D eigenvalue weighted by Gasteiger charge is -2.23. The van der Waals surface area contributed by atoms with Gasteiger partial charge in [-0.25, -0.2) is 0 Å². The molecule has 0 amide bonds. The van der Waals surface area contributed by atoms with Gasteiger partial charge in [0.05, 0.1) is 24.1 Å². The van der Waals surface area contributed by atoms with Gasteiger partial charge in [0.15, 0.2) is 0 Å². The van der Waals surface area contributed by atoms with E-state index in [9.17, 15) is 10.2 Å². The quantitative estimate of drug-likeness (QED) is 0.554. The molecule has 0 unspecified atom stereocenters. The van der Waals surface area contributed by atoms with Crippen LogP contribution in [0.15, 0.2) is 36.1 Å². The maximum absolute atomic E-state index is 9.99. The van der Waals surface area contributed by atoms with Crippen molar-refractivity contribution in [1.82, 2.24) is 0 Å². The van der Waals surface area contributed by atoms with E-state index >= 15 is 0 Å². The fourth-order valence-corrected chi connectivity index (χ4v) is 1.01. The lowest BCUT2D eigenvalue weighted by Crippen LogP contribution is -2.24. The van der Waals surface area contributed by atoms with Gasteiger partial charge in [0.25, 0.3) is 0 Å². The van der Waals surface area contributed by atoms with E-state index in [0.717, 1.165) is 0 Å². The normalized spacial score (nSPS) is 14.2. The molecule has 0 fully saturated rings. The molecular weight excluding hydrogens is 216 g/mol. The summed E-state index contributed by atoms with van der Waals surface area (Å²) >= 11 is 0. The van der Waals surface area contributed by atoms with Crippen LogP contribution in [-0.4, -0.2) is 28.0 Å². The lowest BCUT2D eigenvalue weighted by molar-refractivity contribution is 0.117. The zero-order valence-electron chi connectivity index (χ0n) is 11.4. The first-order chi connectivity index (χ1) is 7.59. The fraction of sp³-hybridized carbons (Fsp3) is 0.571. The van der Waals surface area contributed by atoms with E-state index < -0.39 is 11.2 Å². The van der Waals surface area contributed by atoms with Crippen LogP contribution in [0.1, 0.15) is 34.6 Å². The highest BCUT2D eigenvalue weighted by Gasteiger charge is 2.21. The first kappa shape index (κ1) is 15.9. The van der Waals surface area contributed by atoms with Crippen LogP contribution in [0.5, 0.6) is 0 Å². The van der Waals surface area contributed by atoms with Crippen molar-refractivity contribution in [1.29, 1.82) is 0 Å². The number of aliphatic hydroxyl groups is 2. The average Bonchev–Trinajstić information content (AvgIpc) is 2.13. The van der Waals surface area contributed by atoms with E-state index in [0.29, 0.717) is 17.8 Å². The first-order valence-corrected chi connectivity index (χ1v) is 5.73. The van der Waals surface area contributed by atoms with Crippen molar-refractivity contribution in [2.45, 2.75) is 45.8 Å². The molecule has 0 aliphatic rings. The van der Waals surface area contributed by atoms with E-state index in [1.165, 1.54) is 6.26 Å². The van der Waals surface area contributed by atoms with Crippen LogP contribution in [0.2, 0.25) is 0 Å². The van der Waals surface area contributed by atoms with Crippen LogP contribution in [0, 0.1) is 0 Å². The smallest absolute Gasteiger partial charge is 0.0845 e. The third kappa shape index (κ3) is 6.29. The van der Waals surface area contributed by atoms with Gasteiger partial charge in [-0.15, -0.1) is 0 Å². The fourth-order valence-electron chi connectivity index (χ4n) is 1.01. The molecule has 2 N–H and O–H groups in total. The van der Waals surface area contributed by atoms with Crippen LogP contribution in [0.4, 0.5) is 0 Å². The number of hydrogen-bond donors (Lipinski definition) is 2. The molecule has 0 aliphatic heterocycles. The maximum Gasteiger partial charge on any atom is 0.0845 e. The van der Waals surface area contributed by atoms with Gasteiger partial charge in [0, 0.05) is 0 Å². The van der Waals surface area contributed by atoms with E-state index in [2.05, 4.69) is 6.58 Å². The summed E-state index contributed by atoms with van der Waals surface area (Å²) in [6.45, 7) is 12.9. The molecule has 0 aromatic heterocycles. The van der Waals surface area contributed by atoms with Crippen molar-refractivity contribution < 1.29 is 14.9 Å². The summed E-state index contributed by atoms with van der Waals surface area (Å²) in [6.07, 6.45) is 4.89. The molecule has 3 nitrogen and oxygen atoms in total. The Bertz CT molecular complexity index is 311. The summed E-state index contributed by atoms with van der Waals surface area (Å²) in [4.78, 5) is 0. The summed E-state index contributed by atoms with van der Waals surface area (Å²) in [5.74, 6) is 0. The van der Waals surface area contributed by atoms with Crippen molar-refractivity contribution in [3.8, 4) is 0 Å². The molecule has 98 valence electrons. The molecule has 0 rings (SSSR count). The van der Waals surface area contributed by atoms with Gasteiger partial charge >= 0.3 is 0 Å². The zero-order chi connectivity index (χ0) is 13.7. The molecule has 0 aromatic rings. The Hall–Kier alpha value is -1.06. The Kier molecular flexibility index (Phi) is 5.66. The molecule has 0 saturated heterocycles. The zero-order valence-corrected chi connectivity index (χ0v) is 11.4. The summed E-state index contributed by atoms with van der Waals surface area (Å²) in [5.41, 5.74) is -0.841. The lowest BCUT2D eigenvalue weighted by atomic mass is 9.91. The molecule has 3 heteroatoms. The van der Waals surface area contributed by atoms with E-state index in [-0.39, 0.29) is 0 Å². The number of rotatable bonds is 6. The SMILES string of the molecule is C=C(C=C(C=COCC)C(C)(C)O)C(C)(C)O. The van der Waals surface area contributed by atoms with Gasteiger partial charge < -0.3 is 14.9 Å². The Morgan fingerprint density at radius 2 is 1.71 bits per heavy atom. The van der Waals surface area contributed by atoms with Crippen LogP contribution in [0.3, 0.4) is 0 Å². The molecule has 0 spiro atoms. The molecule has 0 aliphatic carbocycles. The number of hydrogen-bond acceptors (Lipinski definition) is 3. The van der Waals surface area contributed by atoms with Gasteiger partial charge in [0.2, 0.25) is 0 Å². The predicted octanol–water partition coefficient (Wildman–Crippen LogP) is 2.56. The molecule has 0 saturated carbocycles. The maximum atomic E-state index is 9.99. The van der Waals surface area contributed by atoms with Crippen molar-refractivity contribution in [2.75, 3.05) is 6.61 Å². The molecule has 0 radical (unpaired) electrons. The highest BCUT2D eigenvalue weighted by molar-refractivity contribution is 5.36. The van der Waals surface area contributed by atoms with E-state index in [1.807, 2.05) is 6.92 Å². The third-order valence-electron chi connectivity index (χ3n) is 2.33. The van der Waals surface area contributed by atoms with Gasteiger partial charge in [-0.05, 0) is 51.8 Å². The molecule has 0 atom stereocenters. The van der Waals surface area contributed by atoms with Gasteiger partial charge in [0.1, 0.15) is 0 Å². The first-order valence-electron chi connectivity index (χ1n) is 5.73. The van der Waals surface area contributed by atoms with Crippen LogP contribution < -0.4 is 0 Å². The predicted molar refractivity (Wildman–Crippen MR) is 70.6 cm³/mol. The van der Waals surface area contributed by atoms with Crippen LogP contribution >= 0.6 is 0 Å². The largest absolute Gasteiger partial charge is 0.501 e. The second-order valence-electron chi connectivity index (χ2n) is 5.00. The van der Waals surface area contributed by atoms with Crippen LogP contribution in [0.25, 0.3) is 0 Å². The second kappa shape index (κ2) is 6.03. The standard InChI is InChI=1S/C14H24O3/c1-7-17-9-8-12(14(5,6)16)10-11(2)13(3,4)15/h8-10,15-16H,2,7H2,1,3-6H3. The minimum atomic E-state index is -1.01. The molecule has 17 heavy (non-hydrogen) atoms. The molecule has 0 heterocycles. The highest BCUT2D eigenvalue weighted by atomic mass is 16.5. The Morgan fingerprint density at radius 1 is 1.18 bits per heavy atom. The van der Waals surface area contributed by atoms with Crippen molar-refractivity contribution >= 4 is 0 Å². The highest BCUT2D eigenvalue weighted by Crippen LogP contribution is 2.23. The number of ether oxygens (including phenoxy) is 1. The Balaban J connectivity index is 5.07. The minimum absolute atomic E-state index is 0.538. The summed E-state index contributed by atoms with van der Waals surface area (Å²) in [5, 5.41) is 19.8. The topological polar surface area (TPSA) is 49.7 Å². The third-order valence-corrected chi connectivity index (χ3v) is 2.33. The monoisotopic (exact) mass is 240 g/mol. The summed E-state index contributed by atoms with van der Waals surface area (Å²) in [7, 11) is 0. The van der Waals surface area contributed by atoms with Crippen molar-refractivity contribution in [3.63, 3.8) is 0 Å². The van der Waals surface area contributed by atoms with Gasteiger partial charge in [-0.2, -0.15) is 0 Å². The molecular formula is C14H24O3. The average molecular weight is 240 g/mol. The summed E-state index contributed by atoms with van der Waals surface area (Å²) in [6, 6.07) is 0. The molecule has 0 bridgehead atoms. The second-order valence-corrected chi connectivity index (χ2v) is 5.00. The van der Waals surface area contributed by atoms with E-state index in [4.69, 9.17) is 4.74 Å². The van der Waals surface area contributed by atoms with Gasteiger partial charge in [-0.3, -0.25) is 0 Å². The minimum Gasteiger partial charge on any atom is -0.501 e. The Labute approximate surface area is 104 Å². The van der Waals surface area contributed by atoms with E-state index in [1.54, 1.807) is 39.8 Å². The van der Waals surface area contributed by atoms with Crippen molar-refractivity contribution in [2.24, 2.45) is 0 Å². The van der Waals surface area contributed by atoms with Gasteiger partial charge in [-0.1, -0.05) is 12.7 Å². The Morgan fingerprint density at radius 3 is 2.06 bits per heavy atom. The summed E-state index contributed by atoms with van der Waals surface area (Å²) < 4.78 is 5.10. The van der Waals surface area contributed by atoms with Crippen LogP contribution in [-0.2, 0) is 4.74 Å². The van der Waals surface area contributed by atoms with Crippen molar-refractivity contribution in [3.05, 3.63) is 36.1 Å². The molecule has 0 aromatic carbocycles.